The summed E-state index contributed by atoms with van der Waals surface area (Å²) in [5.41, 5.74) is -1.94. The van der Waals surface area contributed by atoms with E-state index in [1.165, 1.54) is 14.0 Å². The molecule has 0 aromatic rings. The van der Waals surface area contributed by atoms with Crippen LogP contribution in [0.25, 0.3) is 0 Å². The number of aliphatic hydroxyl groups excluding tert-OH is 6. The molecular formula is C14H26O11. The quantitative estimate of drug-likeness (QED) is 0.194. The maximum absolute atomic E-state index is 10.6. The van der Waals surface area contributed by atoms with Crippen LogP contribution in [0.15, 0.2) is 0 Å². The van der Waals surface area contributed by atoms with Crippen LogP contribution < -0.4 is 0 Å². The molecule has 0 radical (unpaired) electrons. The van der Waals surface area contributed by atoms with Crippen LogP contribution in [0.2, 0.25) is 0 Å². The highest BCUT2D eigenvalue weighted by Crippen LogP contribution is 2.33. The zero-order valence-corrected chi connectivity index (χ0v) is 13.9. The molecule has 0 bridgehead atoms. The molecule has 9 unspecified atom stereocenters. The summed E-state index contributed by atoms with van der Waals surface area (Å²) < 4.78 is 15.5. The average molecular weight is 370 g/mol. The third-order valence-electron chi connectivity index (χ3n) is 4.20. The number of aliphatic hydroxyl groups is 7. The number of carbonyl (C=O) groups excluding carboxylic acids is 1. The molecule has 1 rings (SSSR count). The molecule has 0 amide bonds. The number of hydrogen-bond acceptors (Lipinski definition) is 11. The highest BCUT2D eigenvalue weighted by atomic mass is 16.7. The Labute approximate surface area is 144 Å². The van der Waals surface area contributed by atoms with Gasteiger partial charge in [-0.25, -0.2) is 0 Å². The molecule has 7 N–H and O–H groups in total. The Balaban J connectivity index is 3.04. The van der Waals surface area contributed by atoms with Crippen molar-refractivity contribution in [2.75, 3.05) is 20.3 Å². The smallest absolute Gasteiger partial charge is 0.187 e. The van der Waals surface area contributed by atoms with Gasteiger partial charge in [0.1, 0.15) is 48.3 Å². The van der Waals surface area contributed by atoms with Gasteiger partial charge < -0.3 is 54.8 Å². The van der Waals surface area contributed by atoms with Gasteiger partial charge in [-0.2, -0.15) is 0 Å². The SMILES string of the molecule is COC1C(CO)OC(OC(C(O)CO)C(O)C(O)C=O)C(O)C1(C)O. The molecule has 0 saturated carbocycles. The molecule has 0 aliphatic carbocycles. The molecule has 0 spiro atoms. The first kappa shape index (κ1) is 22.3. The van der Waals surface area contributed by atoms with Gasteiger partial charge in [-0.05, 0) is 6.92 Å². The van der Waals surface area contributed by atoms with Crippen molar-refractivity contribution in [2.24, 2.45) is 0 Å². The Morgan fingerprint density at radius 2 is 1.88 bits per heavy atom. The van der Waals surface area contributed by atoms with E-state index in [1.807, 2.05) is 0 Å². The highest BCUT2D eigenvalue weighted by Gasteiger charge is 2.54. The van der Waals surface area contributed by atoms with E-state index in [-0.39, 0.29) is 6.29 Å². The Kier molecular flexibility index (Phi) is 8.28. The van der Waals surface area contributed by atoms with E-state index in [9.17, 15) is 35.4 Å². The zero-order valence-electron chi connectivity index (χ0n) is 13.9. The van der Waals surface area contributed by atoms with E-state index >= 15 is 0 Å². The summed E-state index contributed by atoms with van der Waals surface area (Å²) in [5.74, 6) is 0. The van der Waals surface area contributed by atoms with Crippen LogP contribution in [0.1, 0.15) is 6.92 Å². The van der Waals surface area contributed by atoms with Crippen LogP contribution >= 0.6 is 0 Å². The van der Waals surface area contributed by atoms with Crippen LogP contribution in [0.5, 0.6) is 0 Å². The Hall–Kier alpha value is -0.730. The van der Waals surface area contributed by atoms with Crippen molar-refractivity contribution < 1.29 is 54.8 Å². The standard InChI is InChI=1S/C14H26O11/c1-14(22)11(21)13(24-8(5-17)12(14)23-2)25-10(7(19)4-16)9(20)6(18)3-15/h3,6-13,16-22H,4-5H2,1-2H3. The van der Waals surface area contributed by atoms with Gasteiger partial charge in [0.2, 0.25) is 0 Å². The largest absolute Gasteiger partial charge is 0.394 e. The molecule has 1 aliphatic rings. The van der Waals surface area contributed by atoms with Crippen molar-refractivity contribution in [3.05, 3.63) is 0 Å². The van der Waals surface area contributed by atoms with Gasteiger partial charge >= 0.3 is 0 Å². The number of rotatable bonds is 9. The second-order valence-electron chi connectivity index (χ2n) is 6.02. The summed E-state index contributed by atoms with van der Waals surface area (Å²) in [4.78, 5) is 10.6. The van der Waals surface area contributed by atoms with E-state index in [0.717, 1.165) is 0 Å². The molecule has 9 atom stereocenters. The van der Waals surface area contributed by atoms with Crippen molar-refractivity contribution in [1.82, 2.24) is 0 Å². The molecule has 0 aromatic heterocycles. The molecule has 148 valence electrons. The fourth-order valence-corrected chi connectivity index (χ4v) is 2.71. The van der Waals surface area contributed by atoms with Gasteiger partial charge in [0.15, 0.2) is 12.6 Å². The molecule has 1 heterocycles. The zero-order chi connectivity index (χ0) is 19.4. The summed E-state index contributed by atoms with van der Waals surface area (Å²) in [6.45, 7) is -0.286. The third-order valence-corrected chi connectivity index (χ3v) is 4.20. The molecule has 25 heavy (non-hydrogen) atoms. The van der Waals surface area contributed by atoms with Crippen LogP contribution in [0.3, 0.4) is 0 Å². The maximum Gasteiger partial charge on any atom is 0.187 e. The fraction of sp³-hybridized carbons (Fsp3) is 0.929. The third kappa shape index (κ3) is 4.71. The average Bonchev–Trinajstić information content (AvgIpc) is 2.60. The number of ether oxygens (including phenoxy) is 3. The van der Waals surface area contributed by atoms with Crippen molar-refractivity contribution in [3.8, 4) is 0 Å². The highest BCUT2D eigenvalue weighted by molar-refractivity contribution is 5.56. The van der Waals surface area contributed by atoms with Gasteiger partial charge in [-0.1, -0.05) is 0 Å². The minimum Gasteiger partial charge on any atom is -0.394 e. The van der Waals surface area contributed by atoms with Gasteiger partial charge in [-0.15, -0.1) is 0 Å². The van der Waals surface area contributed by atoms with Crippen molar-refractivity contribution in [1.29, 1.82) is 0 Å². The van der Waals surface area contributed by atoms with Gasteiger partial charge in [0.05, 0.1) is 13.2 Å². The fourth-order valence-electron chi connectivity index (χ4n) is 2.71. The monoisotopic (exact) mass is 370 g/mol. The minimum atomic E-state index is -1.95. The molecule has 1 saturated heterocycles. The summed E-state index contributed by atoms with van der Waals surface area (Å²) in [6, 6.07) is 0. The first-order valence-corrected chi connectivity index (χ1v) is 7.61. The first-order valence-electron chi connectivity index (χ1n) is 7.61. The van der Waals surface area contributed by atoms with Crippen LogP contribution in [0.4, 0.5) is 0 Å². The van der Waals surface area contributed by atoms with E-state index in [1.54, 1.807) is 0 Å². The van der Waals surface area contributed by atoms with Crippen LogP contribution in [-0.4, -0.2) is 117 Å². The topological polar surface area (TPSA) is 186 Å². The summed E-state index contributed by atoms with van der Waals surface area (Å²) in [5, 5.41) is 68.2. The van der Waals surface area contributed by atoms with Gasteiger partial charge in [0.25, 0.3) is 0 Å². The molecule has 1 fully saturated rings. The van der Waals surface area contributed by atoms with Gasteiger partial charge in [-0.3, -0.25) is 0 Å². The first-order chi connectivity index (χ1) is 11.6. The normalized spacial score (nSPS) is 38.0. The van der Waals surface area contributed by atoms with Crippen LogP contribution in [-0.2, 0) is 19.0 Å². The molecular weight excluding hydrogens is 344 g/mol. The van der Waals surface area contributed by atoms with Gasteiger partial charge in [0, 0.05) is 7.11 Å². The summed E-state index contributed by atoms with van der Waals surface area (Å²) in [6.07, 6.45) is -13.0. The number of hydrogen-bond donors (Lipinski definition) is 7. The minimum absolute atomic E-state index is 0.00306. The lowest BCUT2D eigenvalue weighted by molar-refractivity contribution is -0.350. The Morgan fingerprint density at radius 1 is 1.28 bits per heavy atom. The van der Waals surface area contributed by atoms with E-state index in [4.69, 9.17) is 19.3 Å². The van der Waals surface area contributed by atoms with Crippen molar-refractivity contribution >= 4 is 6.29 Å². The molecule has 11 heteroatoms. The molecule has 1 aliphatic heterocycles. The number of methoxy groups -OCH3 is 1. The number of carbonyl (C=O) groups is 1. The molecule has 0 aromatic carbocycles. The second kappa shape index (κ2) is 9.28. The van der Waals surface area contributed by atoms with E-state index in [2.05, 4.69) is 0 Å². The lowest BCUT2D eigenvalue weighted by Gasteiger charge is -2.48. The van der Waals surface area contributed by atoms with Crippen molar-refractivity contribution in [2.45, 2.75) is 61.5 Å². The lowest BCUT2D eigenvalue weighted by Crippen LogP contribution is -2.67. The Bertz CT molecular complexity index is 418. The van der Waals surface area contributed by atoms with Crippen LogP contribution in [0, 0.1) is 0 Å². The predicted octanol–water partition coefficient (Wildman–Crippen LogP) is -4.51. The summed E-state index contributed by atoms with van der Waals surface area (Å²) in [7, 11) is 1.24. The van der Waals surface area contributed by atoms with Crippen molar-refractivity contribution in [3.63, 3.8) is 0 Å². The lowest BCUT2D eigenvalue weighted by atomic mass is 9.85. The number of aldehydes is 1. The maximum atomic E-state index is 10.6. The summed E-state index contributed by atoms with van der Waals surface area (Å²) >= 11 is 0. The van der Waals surface area contributed by atoms with E-state index < -0.39 is 67.8 Å². The molecule has 11 nitrogen and oxygen atoms in total. The van der Waals surface area contributed by atoms with E-state index in [0.29, 0.717) is 0 Å². The second-order valence-corrected chi connectivity index (χ2v) is 6.02. The predicted molar refractivity (Wildman–Crippen MR) is 79.2 cm³/mol. The Morgan fingerprint density at radius 3 is 2.32 bits per heavy atom.